The summed E-state index contributed by atoms with van der Waals surface area (Å²) in [6, 6.07) is 2.20. The fraction of sp³-hybridized carbons (Fsp3) is 0.833. The molecule has 2 atom stereocenters. The van der Waals surface area contributed by atoms with Crippen molar-refractivity contribution >= 4 is 12.4 Å². The van der Waals surface area contributed by atoms with E-state index in [0.717, 1.165) is 6.42 Å². The van der Waals surface area contributed by atoms with Gasteiger partial charge in [0.05, 0.1) is 6.07 Å². The van der Waals surface area contributed by atoms with E-state index < -0.39 is 0 Å². The highest BCUT2D eigenvalue weighted by Crippen LogP contribution is 2.10. The number of ether oxygens (including phenoxy) is 1. The molecule has 0 aliphatic carbocycles. The standard InChI is InChI=1S/C6H10N2O.ClH/c7-4-6-3-5(8)1-2-9-6;/h5-6H,1-3,8H2;1H. The molecule has 0 amide bonds. The van der Waals surface area contributed by atoms with Crippen molar-refractivity contribution < 1.29 is 4.74 Å². The number of halogens is 1. The Kier molecular flexibility index (Phi) is 4.37. The molecule has 0 saturated carbocycles. The molecule has 0 aromatic heterocycles. The van der Waals surface area contributed by atoms with Crippen LogP contribution in [0.25, 0.3) is 0 Å². The first-order valence-corrected chi connectivity index (χ1v) is 3.09. The van der Waals surface area contributed by atoms with Crippen LogP contribution in [0.5, 0.6) is 0 Å². The number of rotatable bonds is 0. The summed E-state index contributed by atoms with van der Waals surface area (Å²) in [5, 5.41) is 8.38. The molecule has 0 aromatic rings. The highest BCUT2D eigenvalue weighted by molar-refractivity contribution is 5.85. The van der Waals surface area contributed by atoms with E-state index in [1.807, 2.05) is 6.07 Å². The molecule has 4 heteroatoms. The van der Waals surface area contributed by atoms with Crippen LogP contribution in [0.2, 0.25) is 0 Å². The molecule has 58 valence electrons. The number of nitrogens with zero attached hydrogens (tertiary/aromatic N) is 1. The van der Waals surface area contributed by atoms with Crippen LogP contribution in [-0.2, 0) is 4.74 Å². The monoisotopic (exact) mass is 162 g/mol. The first-order chi connectivity index (χ1) is 4.33. The summed E-state index contributed by atoms with van der Waals surface area (Å²) in [5.41, 5.74) is 5.57. The van der Waals surface area contributed by atoms with E-state index in [0.29, 0.717) is 13.0 Å². The molecule has 0 aromatic carbocycles. The van der Waals surface area contributed by atoms with Crippen LogP contribution in [0, 0.1) is 11.3 Å². The van der Waals surface area contributed by atoms with Gasteiger partial charge in [-0.25, -0.2) is 0 Å². The maximum Gasteiger partial charge on any atom is 0.145 e. The van der Waals surface area contributed by atoms with Gasteiger partial charge in [0.2, 0.25) is 0 Å². The number of hydrogen-bond acceptors (Lipinski definition) is 3. The Morgan fingerprint density at radius 2 is 2.30 bits per heavy atom. The third-order valence-electron chi connectivity index (χ3n) is 1.47. The molecule has 0 spiro atoms. The van der Waals surface area contributed by atoms with Crippen molar-refractivity contribution in [2.24, 2.45) is 5.73 Å². The van der Waals surface area contributed by atoms with Gasteiger partial charge < -0.3 is 10.5 Å². The first-order valence-electron chi connectivity index (χ1n) is 3.09. The van der Waals surface area contributed by atoms with Crippen LogP contribution in [0.15, 0.2) is 0 Å². The molecule has 1 rings (SSSR count). The van der Waals surface area contributed by atoms with Gasteiger partial charge in [-0.2, -0.15) is 5.26 Å². The summed E-state index contributed by atoms with van der Waals surface area (Å²) in [6.07, 6.45) is 1.32. The Balaban J connectivity index is 0.000000810. The Bertz CT molecular complexity index is 134. The van der Waals surface area contributed by atoms with E-state index in [9.17, 15) is 0 Å². The molecule has 1 aliphatic rings. The molecule has 2 unspecified atom stereocenters. The number of nitrogens with two attached hydrogens (primary N) is 1. The average molecular weight is 163 g/mol. The summed E-state index contributed by atoms with van der Waals surface area (Å²) in [7, 11) is 0. The predicted molar refractivity (Wildman–Crippen MR) is 39.8 cm³/mol. The molecular formula is C6H11ClN2O. The molecule has 10 heavy (non-hydrogen) atoms. The van der Waals surface area contributed by atoms with Gasteiger partial charge in [0, 0.05) is 19.1 Å². The molecule has 0 bridgehead atoms. The van der Waals surface area contributed by atoms with E-state index in [4.69, 9.17) is 15.7 Å². The van der Waals surface area contributed by atoms with E-state index in [1.54, 1.807) is 0 Å². The number of hydrogen-bond donors (Lipinski definition) is 1. The number of nitriles is 1. The molecule has 2 N–H and O–H groups in total. The summed E-state index contributed by atoms with van der Waals surface area (Å²) in [6.45, 7) is 0.638. The lowest BCUT2D eigenvalue weighted by Gasteiger charge is -2.21. The largest absolute Gasteiger partial charge is 0.363 e. The van der Waals surface area contributed by atoms with Crippen molar-refractivity contribution in [3.8, 4) is 6.07 Å². The van der Waals surface area contributed by atoms with E-state index >= 15 is 0 Å². The summed E-state index contributed by atoms with van der Waals surface area (Å²) in [5.74, 6) is 0. The van der Waals surface area contributed by atoms with Crippen LogP contribution in [0.1, 0.15) is 12.8 Å². The summed E-state index contributed by atoms with van der Waals surface area (Å²) < 4.78 is 5.06. The molecule has 1 aliphatic heterocycles. The fourth-order valence-electron chi connectivity index (χ4n) is 0.913. The third-order valence-corrected chi connectivity index (χ3v) is 1.47. The molecule has 3 nitrogen and oxygen atoms in total. The van der Waals surface area contributed by atoms with Crippen molar-refractivity contribution in [3.05, 3.63) is 0 Å². The van der Waals surface area contributed by atoms with E-state index in [-0.39, 0.29) is 24.6 Å². The van der Waals surface area contributed by atoms with Crippen LogP contribution < -0.4 is 5.73 Å². The van der Waals surface area contributed by atoms with Crippen molar-refractivity contribution in [1.29, 1.82) is 5.26 Å². The normalized spacial score (nSPS) is 32.0. The van der Waals surface area contributed by atoms with Gasteiger partial charge in [0.15, 0.2) is 0 Å². The van der Waals surface area contributed by atoms with Gasteiger partial charge in [0.25, 0.3) is 0 Å². The zero-order chi connectivity index (χ0) is 6.69. The minimum atomic E-state index is -0.256. The summed E-state index contributed by atoms with van der Waals surface area (Å²) in [4.78, 5) is 0. The van der Waals surface area contributed by atoms with Gasteiger partial charge in [-0.15, -0.1) is 12.4 Å². The van der Waals surface area contributed by atoms with Crippen LogP contribution in [-0.4, -0.2) is 18.8 Å². The minimum absolute atomic E-state index is 0. The minimum Gasteiger partial charge on any atom is -0.363 e. The second-order valence-electron chi connectivity index (χ2n) is 2.27. The Morgan fingerprint density at radius 3 is 2.70 bits per heavy atom. The quantitative estimate of drug-likeness (QED) is 0.562. The van der Waals surface area contributed by atoms with Gasteiger partial charge in [0.1, 0.15) is 6.10 Å². The van der Waals surface area contributed by atoms with Crippen LogP contribution >= 0.6 is 12.4 Å². The maximum absolute atomic E-state index is 8.38. The van der Waals surface area contributed by atoms with E-state index in [2.05, 4.69) is 0 Å². The van der Waals surface area contributed by atoms with Crippen molar-refractivity contribution in [2.75, 3.05) is 6.61 Å². The lowest BCUT2D eigenvalue weighted by Crippen LogP contribution is -2.33. The van der Waals surface area contributed by atoms with Crippen LogP contribution in [0.3, 0.4) is 0 Å². The molecule has 0 radical (unpaired) electrons. The zero-order valence-corrected chi connectivity index (χ0v) is 6.43. The molecule has 1 saturated heterocycles. The average Bonchev–Trinajstić information content (AvgIpc) is 1.88. The second-order valence-corrected chi connectivity index (χ2v) is 2.27. The lowest BCUT2D eigenvalue weighted by molar-refractivity contribution is 0.0422. The highest BCUT2D eigenvalue weighted by Gasteiger charge is 2.18. The maximum atomic E-state index is 8.38. The van der Waals surface area contributed by atoms with Gasteiger partial charge in [-0.1, -0.05) is 0 Å². The molecular weight excluding hydrogens is 152 g/mol. The van der Waals surface area contributed by atoms with Crippen molar-refractivity contribution in [1.82, 2.24) is 0 Å². The van der Waals surface area contributed by atoms with Crippen LogP contribution in [0.4, 0.5) is 0 Å². The van der Waals surface area contributed by atoms with Gasteiger partial charge in [-0.3, -0.25) is 0 Å². The molecule has 1 heterocycles. The SMILES string of the molecule is Cl.N#CC1CC(N)CCO1. The molecule has 1 fully saturated rings. The first kappa shape index (κ1) is 9.70. The van der Waals surface area contributed by atoms with Gasteiger partial charge >= 0.3 is 0 Å². The highest BCUT2D eigenvalue weighted by atomic mass is 35.5. The van der Waals surface area contributed by atoms with Crippen molar-refractivity contribution in [3.63, 3.8) is 0 Å². The Morgan fingerprint density at radius 1 is 1.60 bits per heavy atom. The fourth-order valence-corrected chi connectivity index (χ4v) is 0.913. The topological polar surface area (TPSA) is 59.0 Å². The second kappa shape index (κ2) is 4.51. The van der Waals surface area contributed by atoms with E-state index in [1.165, 1.54) is 0 Å². The smallest absolute Gasteiger partial charge is 0.145 e. The van der Waals surface area contributed by atoms with Crippen molar-refractivity contribution in [2.45, 2.75) is 25.0 Å². The van der Waals surface area contributed by atoms with Gasteiger partial charge in [-0.05, 0) is 6.42 Å². The summed E-state index contributed by atoms with van der Waals surface area (Å²) >= 11 is 0. The Hall–Kier alpha value is -0.300. The Labute approximate surface area is 66.6 Å². The lowest BCUT2D eigenvalue weighted by atomic mass is 10.1. The predicted octanol–water partition coefficient (Wildman–Crippen LogP) is 0.438. The third kappa shape index (κ3) is 2.53. The zero-order valence-electron chi connectivity index (χ0n) is 5.62.